The van der Waals surface area contributed by atoms with Crippen LogP contribution < -0.4 is 4.74 Å². The van der Waals surface area contributed by atoms with Crippen molar-refractivity contribution in [2.24, 2.45) is 17.8 Å². The summed E-state index contributed by atoms with van der Waals surface area (Å²) < 4.78 is 5.28. The second kappa shape index (κ2) is 4.64. The fourth-order valence-corrected chi connectivity index (χ4v) is 3.19. The van der Waals surface area contributed by atoms with Crippen molar-refractivity contribution >= 4 is 11.7 Å². The number of esters is 1. The molecule has 0 amide bonds. The number of fused-ring (bicyclic) bond motifs is 1. The summed E-state index contributed by atoms with van der Waals surface area (Å²) in [6.45, 7) is 0. The highest BCUT2D eigenvalue weighted by atomic mass is 16.6. The van der Waals surface area contributed by atoms with Crippen LogP contribution in [-0.2, 0) is 4.79 Å². The van der Waals surface area contributed by atoms with E-state index < -0.39 is 4.92 Å². The van der Waals surface area contributed by atoms with Gasteiger partial charge in [-0.25, -0.2) is 0 Å². The molecule has 0 N–H and O–H groups in total. The number of carbonyl (C=O) groups excluding carboxylic acids is 1. The van der Waals surface area contributed by atoms with Crippen molar-refractivity contribution in [2.45, 2.75) is 25.7 Å². The zero-order chi connectivity index (χ0) is 13.4. The molecule has 0 heterocycles. The number of ether oxygens (including phenoxy) is 1. The van der Waals surface area contributed by atoms with Gasteiger partial charge in [0.05, 0.1) is 16.9 Å². The standard InChI is InChI=1S/C14H15NO4/c16-14(13-11-6-1-2-7-12(11)13)19-10-5-3-4-9(8-10)15(17)18/h3-5,8,11-13H,1-2,6-7H2/t11-,12+,13?. The molecule has 2 saturated carbocycles. The molecule has 3 atom stereocenters. The van der Waals surface area contributed by atoms with Gasteiger partial charge in [-0.2, -0.15) is 0 Å². The van der Waals surface area contributed by atoms with Crippen molar-refractivity contribution in [3.63, 3.8) is 0 Å². The Hall–Kier alpha value is -1.91. The average Bonchev–Trinajstić information content (AvgIpc) is 3.13. The number of rotatable bonds is 3. The topological polar surface area (TPSA) is 69.4 Å². The first-order chi connectivity index (χ1) is 9.16. The molecule has 19 heavy (non-hydrogen) atoms. The highest BCUT2D eigenvalue weighted by Gasteiger charge is 2.55. The van der Waals surface area contributed by atoms with Gasteiger partial charge in [0.1, 0.15) is 5.75 Å². The van der Waals surface area contributed by atoms with Gasteiger partial charge in [0.25, 0.3) is 5.69 Å². The van der Waals surface area contributed by atoms with E-state index in [0.717, 1.165) is 12.8 Å². The maximum Gasteiger partial charge on any atom is 0.314 e. The highest BCUT2D eigenvalue weighted by molar-refractivity contribution is 5.79. The summed E-state index contributed by atoms with van der Waals surface area (Å²) in [5, 5.41) is 10.7. The first-order valence-electron chi connectivity index (χ1n) is 6.63. The van der Waals surface area contributed by atoms with E-state index in [1.54, 1.807) is 6.07 Å². The smallest absolute Gasteiger partial charge is 0.314 e. The number of hydrogen-bond donors (Lipinski definition) is 0. The SMILES string of the molecule is O=C(Oc1cccc([N+](=O)[O-])c1)C1[C@H]2CCCC[C@@H]12. The third kappa shape index (κ3) is 2.32. The van der Waals surface area contributed by atoms with Gasteiger partial charge in [0.2, 0.25) is 0 Å². The Bertz CT molecular complexity index is 516. The molecule has 0 spiro atoms. The van der Waals surface area contributed by atoms with Crippen LogP contribution in [-0.4, -0.2) is 10.9 Å². The number of nitrogens with zero attached hydrogens (tertiary/aromatic N) is 1. The predicted molar refractivity (Wildman–Crippen MR) is 67.7 cm³/mol. The van der Waals surface area contributed by atoms with Gasteiger partial charge in [-0.05, 0) is 30.7 Å². The Morgan fingerprint density at radius 2 is 1.95 bits per heavy atom. The summed E-state index contributed by atoms with van der Waals surface area (Å²) in [5.41, 5.74) is -0.0569. The van der Waals surface area contributed by atoms with E-state index in [1.165, 1.54) is 31.0 Å². The lowest BCUT2D eigenvalue weighted by Crippen LogP contribution is -2.12. The summed E-state index contributed by atoms with van der Waals surface area (Å²) in [7, 11) is 0. The Kier molecular flexibility index (Phi) is 2.97. The van der Waals surface area contributed by atoms with Crippen molar-refractivity contribution in [1.29, 1.82) is 0 Å². The van der Waals surface area contributed by atoms with Crippen molar-refractivity contribution in [2.75, 3.05) is 0 Å². The molecule has 1 aromatic rings. The summed E-state index contributed by atoms with van der Waals surface area (Å²) in [6.07, 6.45) is 4.61. The van der Waals surface area contributed by atoms with Crippen molar-refractivity contribution in [3.8, 4) is 5.75 Å². The number of hydrogen-bond acceptors (Lipinski definition) is 4. The van der Waals surface area contributed by atoms with E-state index in [9.17, 15) is 14.9 Å². The predicted octanol–water partition coefficient (Wildman–Crippen LogP) is 2.94. The Balaban J connectivity index is 1.67. The van der Waals surface area contributed by atoms with Gasteiger partial charge in [0.15, 0.2) is 0 Å². The molecule has 1 unspecified atom stereocenters. The molecule has 2 aliphatic carbocycles. The summed E-state index contributed by atoms with van der Waals surface area (Å²) in [4.78, 5) is 22.2. The molecular weight excluding hydrogens is 246 g/mol. The van der Waals surface area contributed by atoms with E-state index in [0.29, 0.717) is 11.8 Å². The molecule has 1 aromatic carbocycles. The third-order valence-corrected chi connectivity index (χ3v) is 4.18. The molecule has 2 fully saturated rings. The highest BCUT2D eigenvalue weighted by Crippen LogP contribution is 2.55. The molecule has 0 radical (unpaired) electrons. The largest absolute Gasteiger partial charge is 0.426 e. The van der Waals surface area contributed by atoms with Gasteiger partial charge in [-0.1, -0.05) is 18.9 Å². The Labute approximate surface area is 110 Å². The summed E-state index contributed by atoms with van der Waals surface area (Å²) in [6, 6.07) is 5.79. The fraction of sp³-hybridized carbons (Fsp3) is 0.500. The van der Waals surface area contributed by atoms with Crippen LogP contribution in [0.5, 0.6) is 5.75 Å². The van der Waals surface area contributed by atoms with E-state index in [2.05, 4.69) is 0 Å². The second-order valence-electron chi connectivity index (χ2n) is 5.31. The maximum absolute atomic E-state index is 12.0. The van der Waals surface area contributed by atoms with E-state index in [4.69, 9.17) is 4.74 Å². The first kappa shape index (κ1) is 12.1. The molecule has 2 aliphatic rings. The van der Waals surface area contributed by atoms with Crippen LogP contribution in [0.1, 0.15) is 25.7 Å². The number of non-ortho nitro benzene ring substituents is 1. The van der Waals surface area contributed by atoms with Crippen LogP contribution in [0.4, 0.5) is 5.69 Å². The molecule has 100 valence electrons. The molecule has 5 heteroatoms. The van der Waals surface area contributed by atoms with Crippen LogP contribution in [0.15, 0.2) is 24.3 Å². The minimum absolute atomic E-state index is 0.0155. The van der Waals surface area contributed by atoms with Gasteiger partial charge in [-0.3, -0.25) is 14.9 Å². The van der Waals surface area contributed by atoms with Crippen LogP contribution in [0.25, 0.3) is 0 Å². The minimum Gasteiger partial charge on any atom is -0.426 e. The second-order valence-corrected chi connectivity index (χ2v) is 5.31. The normalized spacial score (nSPS) is 28.3. The van der Waals surface area contributed by atoms with Gasteiger partial charge < -0.3 is 4.74 Å². The summed E-state index contributed by atoms with van der Waals surface area (Å²) >= 11 is 0. The third-order valence-electron chi connectivity index (χ3n) is 4.18. The Morgan fingerprint density at radius 1 is 1.26 bits per heavy atom. The molecule has 0 aromatic heterocycles. The summed E-state index contributed by atoms with van der Waals surface area (Å²) in [5.74, 6) is 1.03. The zero-order valence-electron chi connectivity index (χ0n) is 10.5. The first-order valence-corrected chi connectivity index (χ1v) is 6.63. The molecule has 0 saturated heterocycles. The van der Waals surface area contributed by atoms with Crippen LogP contribution in [0.3, 0.4) is 0 Å². The lowest BCUT2D eigenvalue weighted by atomic mass is 10.0. The quantitative estimate of drug-likeness (QED) is 0.363. The molecule has 0 aliphatic heterocycles. The van der Waals surface area contributed by atoms with E-state index in [1.807, 2.05) is 0 Å². The van der Waals surface area contributed by atoms with E-state index in [-0.39, 0.29) is 23.3 Å². The lowest BCUT2D eigenvalue weighted by molar-refractivity contribution is -0.384. The number of carbonyl (C=O) groups is 1. The lowest BCUT2D eigenvalue weighted by Gasteiger charge is -2.04. The average molecular weight is 261 g/mol. The molecule has 0 bridgehead atoms. The van der Waals surface area contributed by atoms with Gasteiger partial charge in [-0.15, -0.1) is 0 Å². The van der Waals surface area contributed by atoms with Gasteiger partial charge >= 0.3 is 5.97 Å². The van der Waals surface area contributed by atoms with Crippen molar-refractivity contribution in [1.82, 2.24) is 0 Å². The molecule has 5 nitrogen and oxygen atoms in total. The minimum atomic E-state index is -0.492. The zero-order valence-corrected chi connectivity index (χ0v) is 10.5. The molecule has 3 rings (SSSR count). The van der Waals surface area contributed by atoms with Gasteiger partial charge in [0, 0.05) is 6.07 Å². The van der Waals surface area contributed by atoms with Crippen LogP contribution >= 0.6 is 0 Å². The Morgan fingerprint density at radius 3 is 2.58 bits per heavy atom. The van der Waals surface area contributed by atoms with Crippen molar-refractivity contribution < 1.29 is 14.5 Å². The van der Waals surface area contributed by atoms with Crippen molar-refractivity contribution in [3.05, 3.63) is 34.4 Å². The van der Waals surface area contributed by atoms with E-state index >= 15 is 0 Å². The number of nitro groups is 1. The molecular formula is C14H15NO4. The van der Waals surface area contributed by atoms with Crippen LogP contribution in [0, 0.1) is 27.9 Å². The maximum atomic E-state index is 12.0. The van der Waals surface area contributed by atoms with Crippen LogP contribution in [0.2, 0.25) is 0 Å². The monoisotopic (exact) mass is 261 g/mol. The number of benzene rings is 1. The fourth-order valence-electron chi connectivity index (χ4n) is 3.19. The number of nitro benzene ring substituents is 1.